The van der Waals surface area contributed by atoms with E-state index in [1.165, 1.54) is 29.3 Å². The van der Waals surface area contributed by atoms with Gasteiger partial charge >= 0.3 is 6.18 Å². The molecule has 2 fully saturated rings. The minimum atomic E-state index is -4.94. The molecule has 0 N–H and O–H groups in total. The Morgan fingerprint density at radius 3 is 2.21 bits per heavy atom. The second-order valence-corrected chi connectivity index (χ2v) is 11.9. The number of halogens is 6. The summed E-state index contributed by atoms with van der Waals surface area (Å²) in [6, 6.07) is 12.4. The Bertz CT molecular complexity index is 1780. The number of amides is 1. The minimum Gasteiger partial charge on any atom is -0.420 e. The quantitative estimate of drug-likeness (QED) is 0.163. The summed E-state index contributed by atoms with van der Waals surface area (Å²) in [5.41, 5.74) is -0.373. The van der Waals surface area contributed by atoms with Crippen molar-refractivity contribution in [3.63, 3.8) is 0 Å². The number of benzene rings is 2. The Balaban J connectivity index is 1.06. The van der Waals surface area contributed by atoms with Gasteiger partial charge in [0.1, 0.15) is 23.3 Å². The highest BCUT2D eigenvalue weighted by Gasteiger charge is 2.42. The second kappa shape index (κ2) is 13.7. The van der Waals surface area contributed by atoms with Crippen LogP contribution in [0.25, 0.3) is 0 Å². The summed E-state index contributed by atoms with van der Waals surface area (Å²) < 4.78 is 88.7. The van der Waals surface area contributed by atoms with E-state index in [0.717, 1.165) is 6.07 Å². The summed E-state index contributed by atoms with van der Waals surface area (Å²) in [4.78, 5) is 38.9. The van der Waals surface area contributed by atoms with Crippen molar-refractivity contribution in [2.24, 2.45) is 0 Å². The molecule has 48 heavy (non-hydrogen) atoms. The number of carbonyl (C=O) groups excluding carboxylic acids is 2. The van der Waals surface area contributed by atoms with Crippen LogP contribution < -0.4 is 9.80 Å². The van der Waals surface area contributed by atoms with E-state index < -0.39 is 47.3 Å². The fourth-order valence-corrected chi connectivity index (χ4v) is 6.12. The lowest BCUT2D eigenvalue weighted by molar-refractivity contribution is -0.141. The smallest absolute Gasteiger partial charge is 0.420 e. The number of nitrogens with zero attached hydrogens (tertiary/aromatic N) is 5. The maximum absolute atomic E-state index is 14.3. The van der Waals surface area contributed by atoms with Crippen LogP contribution in [0.15, 0.2) is 65.2 Å². The van der Waals surface area contributed by atoms with E-state index in [9.17, 15) is 35.9 Å². The van der Waals surface area contributed by atoms with Gasteiger partial charge in [0.05, 0.1) is 6.42 Å². The van der Waals surface area contributed by atoms with Gasteiger partial charge in [-0.1, -0.05) is 30.3 Å². The third kappa shape index (κ3) is 7.32. The molecular formula is C34H31F6N5O3. The molecule has 0 unspecified atom stereocenters. The summed E-state index contributed by atoms with van der Waals surface area (Å²) in [5.74, 6) is -3.47. The van der Waals surface area contributed by atoms with Crippen LogP contribution >= 0.6 is 0 Å². The number of oxazole rings is 1. The standard InChI is InChI=1S/C34H31F6N5O3/c35-24-6-7-25(27(37)19-24)22-9-11-45(12-10-22)33-42-32(34(38,39)40)31(48-33)28(46)17-21-5-8-29(41-20-21)43-13-15-44(16-14-43)30(47)18-23-3-1-2-4-26(23)36/h1-8,19-20,22H,9-18H2. The first-order valence-corrected chi connectivity index (χ1v) is 15.5. The SMILES string of the molecule is O=C(Cc1ccc(N2CCN(C(=O)Cc3ccccc3F)CC2)nc1)c1oc(N2CCC(c3ccc(F)cc3F)CC2)nc1C(F)(F)F. The topological polar surface area (TPSA) is 82.8 Å². The van der Waals surface area contributed by atoms with Crippen molar-refractivity contribution in [1.82, 2.24) is 14.9 Å². The van der Waals surface area contributed by atoms with Crippen molar-refractivity contribution >= 4 is 23.5 Å². The van der Waals surface area contributed by atoms with Crippen molar-refractivity contribution in [3.8, 4) is 0 Å². The number of aromatic nitrogens is 2. The second-order valence-electron chi connectivity index (χ2n) is 11.9. The molecule has 0 spiro atoms. The average molecular weight is 672 g/mol. The van der Waals surface area contributed by atoms with E-state index in [-0.39, 0.29) is 37.4 Å². The molecule has 2 aromatic heterocycles. The molecule has 6 rings (SSSR count). The Labute approximate surface area is 272 Å². The first-order chi connectivity index (χ1) is 23.0. The van der Waals surface area contributed by atoms with Crippen molar-refractivity contribution in [2.45, 2.75) is 37.8 Å². The largest absolute Gasteiger partial charge is 0.437 e. The predicted molar refractivity (Wildman–Crippen MR) is 163 cm³/mol. The fourth-order valence-electron chi connectivity index (χ4n) is 6.12. The molecule has 4 aromatic rings. The van der Waals surface area contributed by atoms with E-state index in [1.54, 1.807) is 35.2 Å². The molecule has 2 aliphatic heterocycles. The zero-order valence-electron chi connectivity index (χ0n) is 25.7. The number of piperidine rings is 1. The van der Waals surface area contributed by atoms with Crippen LogP contribution in [0, 0.1) is 17.5 Å². The maximum atomic E-state index is 14.3. The number of anilines is 2. The van der Waals surface area contributed by atoms with Crippen LogP contribution in [-0.4, -0.2) is 65.8 Å². The van der Waals surface area contributed by atoms with E-state index in [2.05, 4.69) is 9.97 Å². The predicted octanol–water partition coefficient (Wildman–Crippen LogP) is 6.21. The number of rotatable bonds is 8. The van der Waals surface area contributed by atoms with Gasteiger partial charge in [0.15, 0.2) is 5.69 Å². The Morgan fingerprint density at radius 1 is 0.833 bits per heavy atom. The van der Waals surface area contributed by atoms with Crippen molar-refractivity contribution in [1.29, 1.82) is 0 Å². The van der Waals surface area contributed by atoms with Gasteiger partial charge in [-0.05, 0) is 53.6 Å². The number of Topliss-reactive ketones (excluding diaryl/α,β-unsaturated/α-hetero) is 1. The fraction of sp³-hybridized carbons (Fsp3) is 0.353. The number of hydrogen-bond acceptors (Lipinski definition) is 7. The van der Waals surface area contributed by atoms with Crippen LogP contribution in [0.2, 0.25) is 0 Å². The van der Waals surface area contributed by atoms with Gasteiger partial charge in [0.2, 0.25) is 17.5 Å². The first-order valence-electron chi connectivity index (χ1n) is 15.5. The molecule has 4 heterocycles. The number of pyridine rings is 1. The van der Waals surface area contributed by atoms with Gasteiger partial charge in [-0.2, -0.15) is 18.2 Å². The molecule has 14 heteroatoms. The Kier molecular flexibility index (Phi) is 9.42. The molecule has 0 aliphatic carbocycles. The summed E-state index contributed by atoms with van der Waals surface area (Å²) in [7, 11) is 0. The monoisotopic (exact) mass is 671 g/mol. The third-order valence-electron chi connectivity index (χ3n) is 8.74. The minimum absolute atomic E-state index is 0.0341. The molecule has 0 bridgehead atoms. The average Bonchev–Trinajstić information content (AvgIpc) is 3.54. The van der Waals surface area contributed by atoms with Crippen LogP contribution in [-0.2, 0) is 23.8 Å². The van der Waals surface area contributed by atoms with Crippen LogP contribution in [0.5, 0.6) is 0 Å². The highest BCUT2D eigenvalue weighted by Crippen LogP contribution is 2.37. The summed E-state index contributed by atoms with van der Waals surface area (Å²) in [6.07, 6.45) is -3.24. The number of ketones is 1. The normalized spacial score (nSPS) is 16.0. The summed E-state index contributed by atoms with van der Waals surface area (Å²) >= 11 is 0. The van der Waals surface area contributed by atoms with Gasteiger partial charge < -0.3 is 19.1 Å². The number of piperazine rings is 1. The van der Waals surface area contributed by atoms with E-state index in [4.69, 9.17) is 4.42 Å². The van der Waals surface area contributed by atoms with Crippen LogP contribution in [0.3, 0.4) is 0 Å². The third-order valence-corrected chi connectivity index (χ3v) is 8.74. The summed E-state index contributed by atoms with van der Waals surface area (Å²) in [5, 5.41) is 0. The van der Waals surface area contributed by atoms with Gasteiger partial charge in [-0.3, -0.25) is 9.59 Å². The molecule has 2 saturated heterocycles. The first kappa shape index (κ1) is 33.0. The Hall–Kier alpha value is -4.88. The van der Waals surface area contributed by atoms with E-state index in [0.29, 0.717) is 61.5 Å². The number of carbonyl (C=O) groups is 2. The zero-order valence-corrected chi connectivity index (χ0v) is 25.7. The lowest BCUT2D eigenvalue weighted by Gasteiger charge is -2.35. The molecule has 8 nitrogen and oxygen atoms in total. The Morgan fingerprint density at radius 2 is 1.56 bits per heavy atom. The lowest BCUT2D eigenvalue weighted by atomic mass is 9.89. The lowest BCUT2D eigenvalue weighted by Crippen LogP contribution is -2.49. The van der Waals surface area contributed by atoms with E-state index >= 15 is 0 Å². The molecule has 2 aliphatic rings. The molecule has 2 aromatic carbocycles. The zero-order chi connectivity index (χ0) is 34.0. The number of hydrogen-bond donors (Lipinski definition) is 0. The number of alkyl halides is 3. The maximum Gasteiger partial charge on any atom is 0.437 e. The molecule has 0 atom stereocenters. The van der Waals surface area contributed by atoms with Gasteiger partial charge in [-0.15, -0.1) is 0 Å². The van der Waals surface area contributed by atoms with Gasteiger partial charge in [-0.25, -0.2) is 18.2 Å². The molecule has 1 amide bonds. The molecule has 0 saturated carbocycles. The summed E-state index contributed by atoms with van der Waals surface area (Å²) in [6.45, 7) is 2.16. The molecule has 0 radical (unpaired) electrons. The van der Waals surface area contributed by atoms with Crippen LogP contribution in [0.1, 0.15) is 51.7 Å². The van der Waals surface area contributed by atoms with E-state index in [1.807, 2.05) is 4.90 Å². The molecular weight excluding hydrogens is 640 g/mol. The van der Waals surface area contributed by atoms with Crippen LogP contribution in [0.4, 0.5) is 38.2 Å². The molecule has 252 valence electrons. The van der Waals surface area contributed by atoms with Gasteiger partial charge in [0, 0.05) is 58.0 Å². The van der Waals surface area contributed by atoms with Crippen molar-refractivity contribution in [2.75, 3.05) is 49.1 Å². The highest BCUT2D eigenvalue weighted by atomic mass is 19.4. The van der Waals surface area contributed by atoms with Gasteiger partial charge in [0.25, 0.3) is 6.01 Å². The van der Waals surface area contributed by atoms with Crippen molar-refractivity contribution in [3.05, 3.63) is 106 Å². The highest BCUT2D eigenvalue weighted by molar-refractivity contribution is 5.96. The van der Waals surface area contributed by atoms with Crippen molar-refractivity contribution < 1.29 is 40.3 Å².